The third-order valence-corrected chi connectivity index (χ3v) is 2.97. The third-order valence-electron chi connectivity index (χ3n) is 2.74. The van der Waals surface area contributed by atoms with Gasteiger partial charge in [-0.3, -0.25) is 0 Å². The Balaban J connectivity index is 2.30. The van der Waals surface area contributed by atoms with E-state index in [0.717, 1.165) is 10.6 Å². The zero-order valence-electron chi connectivity index (χ0n) is 8.33. The molecule has 2 N–H and O–H groups in total. The fraction of sp³-hybridized carbons (Fsp3) is 0.455. The molecule has 2 rings (SSSR count). The van der Waals surface area contributed by atoms with E-state index < -0.39 is 0 Å². The first kappa shape index (κ1) is 9.81. The van der Waals surface area contributed by atoms with Crippen molar-refractivity contribution in [3.63, 3.8) is 0 Å². The maximum Gasteiger partial charge on any atom is 0.0412 e. The predicted molar refractivity (Wildman–Crippen MR) is 60.8 cm³/mol. The molecule has 3 heteroatoms. The molecule has 0 amide bonds. The van der Waals surface area contributed by atoms with E-state index in [1.54, 1.807) is 0 Å². The van der Waals surface area contributed by atoms with E-state index in [9.17, 15) is 0 Å². The predicted octanol–water partition coefficient (Wildman–Crippen LogP) is 2.40. The Morgan fingerprint density at radius 2 is 2.21 bits per heavy atom. The molecule has 1 saturated carbocycles. The van der Waals surface area contributed by atoms with Gasteiger partial charge >= 0.3 is 0 Å². The van der Waals surface area contributed by atoms with E-state index in [1.165, 1.54) is 18.5 Å². The average molecular weight is 211 g/mol. The van der Waals surface area contributed by atoms with Crippen LogP contribution in [0.1, 0.15) is 18.4 Å². The Hall–Kier alpha value is -0.730. The van der Waals surface area contributed by atoms with Gasteiger partial charge in [-0.15, -0.1) is 0 Å². The molecule has 14 heavy (non-hydrogen) atoms. The standard InChI is InChI=1S/C11H15ClN2/c1-14(10-3-4-10)11-5-2-9(12)6-8(11)7-13/h2,5-6,10H,3-4,7,13H2,1H3. The molecule has 0 heterocycles. The monoisotopic (exact) mass is 210 g/mol. The summed E-state index contributed by atoms with van der Waals surface area (Å²) in [6.45, 7) is 0.549. The van der Waals surface area contributed by atoms with E-state index in [0.29, 0.717) is 12.6 Å². The minimum Gasteiger partial charge on any atom is -0.371 e. The fourth-order valence-corrected chi connectivity index (χ4v) is 1.91. The molecule has 0 radical (unpaired) electrons. The number of benzene rings is 1. The van der Waals surface area contributed by atoms with E-state index in [1.807, 2.05) is 12.1 Å². The van der Waals surface area contributed by atoms with Crippen LogP contribution in [0.4, 0.5) is 5.69 Å². The average Bonchev–Trinajstić information content (AvgIpc) is 3.00. The van der Waals surface area contributed by atoms with Gasteiger partial charge in [0.15, 0.2) is 0 Å². The van der Waals surface area contributed by atoms with Crippen LogP contribution in [0.3, 0.4) is 0 Å². The van der Waals surface area contributed by atoms with E-state index in [2.05, 4.69) is 18.0 Å². The molecule has 0 bridgehead atoms. The SMILES string of the molecule is CN(c1ccc(Cl)cc1CN)C1CC1. The van der Waals surface area contributed by atoms with Crippen molar-refractivity contribution in [3.05, 3.63) is 28.8 Å². The van der Waals surface area contributed by atoms with Gasteiger partial charge in [-0.05, 0) is 36.6 Å². The van der Waals surface area contributed by atoms with Crippen LogP contribution in [0.5, 0.6) is 0 Å². The van der Waals surface area contributed by atoms with E-state index in [4.69, 9.17) is 17.3 Å². The second-order valence-electron chi connectivity index (χ2n) is 3.82. The summed E-state index contributed by atoms with van der Waals surface area (Å²) in [5, 5.41) is 0.762. The van der Waals surface area contributed by atoms with E-state index in [-0.39, 0.29) is 0 Å². The Bertz CT molecular complexity index is 334. The number of nitrogens with two attached hydrogens (primary N) is 1. The summed E-state index contributed by atoms with van der Waals surface area (Å²) in [5.74, 6) is 0. The molecule has 1 aromatic rings. The molecule has 0 saturated heterocycles. The first-order valence-corrected chi connectivity index (χ1v) is 5.31. The zero-order chi connectivity index (χ0) is 10.1. The Labute approximate surface area is 89.7 Å². The van der Waals surface area contributed by atoms with Crippen molar-refractivity contribution in [2.75, 3.05) is 11.9 Å². The lowest BCUT2D eigenvalue weighted by molar-refractivity contribution is 0.898. The second kappa shape index (κ2) is 3.79. The molecule has 1 aliphatic carbocycles. The van der Waals surface area contributed by atoms with Crippen molar-refractivity contribution in [2.45, 2.75) is 25.4 Å². The summed E-state index contributed by atoms with van der Waals surface area (Å²) in [7, 11) is 2.13. The van der Waals surface area contributed by atoms with Gasteiger partial charge < -0.3 is 10.6 Å². The summed E-state index contributed by atoms with van der Waals surface area (Å²) in [5.41, 5.74) is 8.05. The van der Waals surface area contributed by atoms with Crippen molar-refractivity contribution in [1.29, 1.82) is 0 Å². The Kier molecular flexibility index (Phi) is 2.66. The lowest BCUT2D eigenvalue weighted by atomic mass is 10.1. The highest BCUT2D eigenvalue weighted by molar-refractivity contribution is 6.30. The topological polar surface area (TPSA) is 29.3 Å². The summed E-state index contributed by atoms with van der Waals surface area (Å²) >= 11 is 5.92. The Morgan fingerprint density at radius 1 is 1.50 bits per heavy atom. The molecule has 76 valence electrons. The van der Waals surface area contributed by atoms with Gasteiger partial charge in [0.05, 0.1) is 0 Å². The third kappa shape index (κ3) is 1.86. The molecule has 2 nitrogen and oxygen atoms in total. The van der Waals surface area contributed by atoms with Gasteiger partial charge in [0, 0.05) is 30.3 Å². The van der Waals surface area contributed by atoms with Crippen LogP contribution in [-0.2, 0) is 6.54 Å². The Morgan fingerprint density at radius 3 is 2.79 bits per heavy atom. The quantitative estimate of drug-likeness (QED) is 0.830. The van der Waals surface area contributed by atoms with Crippen LogP contribution >= 0.6 is 11.6 Å². The molecule has 1 aliphatic rings. The molecular formula is C11H15ClN2. The number of rotatable bonds is 3. The highest BCUT2D eigenvalue weighted by Crippen LogP contribution is 2.32. The zero-order valence-corrected chi connectivity index (χ0v) is 9.09. The van der Waals surface area contributed by atoms with Gasteiger partial charge in [0.2, 0.25) is 0 Å². The van der Waals surface area contributed by atoms with Crippen molar-refractivity contribution in [1.82, 2.24) is 0 Å². The first-order valence-electron chi connectivity index (χ1n) is 4.93. The highest BCUT2D eigenvalue weighted by Gasteiger charge is 2.27. The van der Waals surface area contributed by atoms with Gasteiger partial charge in [0.1, 0.15) is 0 Å². The highest BCUT2D eigenvalue weighted by atomic mass is 35.5. The van der Waals surface area contributed by atoms with Crippen LogP contribution in [-0.4, -0.2) is 13.1 Å². The van der Waals surface area contributed by atoms with E-state index >= 15 is 0 Å². The second-order valence-corrected chi connectivity index (χ2v) is 4.26. The number of halogens is 1. The number of hydrogen-bond acceptors (Lipinski definition) is 2. The van der Waals surface area contributed by atoms with Gasteiger partial charge in [0.25, 0.3) is 0 Å². The molecule has 0 atom stereocenters. The number of hydrogen-bond donors (Lipinski definition) is 1. The molecule has 0 spiro atoms. The first-order chi connectivity index (χ1) is 6.72. The van der Waals surface area contributed by atoms with Gasteiger partial charge in [-0.2, -0.15) is 0 Å². The summed E-state index contributed by atoms with van der Waals surface area (Å²) < 4.78 is 0. The molecule has 0 unspecified atom stereocenters. The van der Waals surface area contributed by atoms with Gasteiger partial charge in [-0.25, -0.2) is 0 Å². The largest absolute Gasteiger partial charge is 0.371 e. The normalized spacial score (nSPS) is 15.6. The molecule has 1 fully saturated rings. The number of nitrogens with zero attached hydrogens (tertiary/aromatic N) is 1. The molecule has 1 aromatic carbocycles. The molecule has 0 aliphatic heterocycles. The van der Waals surface area contributed by atoms with Crippen LogP contribution in [0.15, 0.2) is 18.2 Å². The molecular weight excluding hydrogens is 196 g/mol. The van der Waals surface area contributed by atoms with Crippen molar-refractivity contribution in [2.24, 2.45) is 5.73 Å². The van der Waals surface area contributed by atoms with Crippen LogP contribution < -0.4 is 10.6 Å². The van der Waals surface area contributed by atoms with Crippen molar-refractivity contribution < 1.29 is 0 Å². The lowest BCUT2D eigenvalue weighted by Crippen LogP contribution is -2.21. The minimum atomic E-state index is 0.549. The minimum absolute atomic E-state index is 0.549. The lowest BCUT2D eigenvalue weighted by Gasteiger charge is -2.21. The smallest absolute Gasteiger partial charge is 0.0412 e. The molecule has 0 aromatic heterocycles. The van der Waals surface area contributed by atoms with Crippen LogP contribution in [0.25, 0.3) is 0 Å². The van der Waals surface area contributed by atoms with Crippen LogP contribution in [0, 0.1) is 0 Å². The van der Waals surface area contributed by atoms with Crippen molar-refractivity contribution >= 4 is 17.3 Å². The van der Waals surface area contributed by atoms with Gasteiger partial charge in [-0.1, -0.05) is 11.6 Å². The number of anilines is 1. The fourth-order valence-electron chi connectivity index (χ4n) is 1.72. The summed E-state index contributed by atoms with van der Waals surface area (Å²) in [6.07, 6.45) is 2.59. The van der Waals surface area contributed by atoms with Crippen LogP contribution in [0.2, 0.25) is 5.02 Å². The summed E-state index contributed by atoms with van der Waals surface area (Å²) in [4.78, 5) is 2.30. The maximum absolute atomic E-state index is 5.92. The summed E-state index contributed by atoms with van der Waals surface area (Å²) in [6, 6.07) is 6.65. The maximum atomic E-state index is 5.92. The van der Waals surface area contributed by atoms with Crippen molar-refractivity contribution in [3.8, 4) is 0 Å².